The van der Waals surface area contributed by atoms with E-state index < -0.39 is 0 Å². The first kappa shape index (κ1) is 22.2. The zero-order valence-electron chi connectivity index (χ0n) is 19.5. The Morgan fingerprint density at radius 1 is 1.12 bits per heavy atom. The number of amides is 1. The van der Waals surface area contributed by atoms with E-state index in [2.05, 4.69) is 22.0 Å². The molecule has 3 heterocycles. The van der Waals surface area contributed by atoms with E-state index in [1.54, 1.807) is 19.5 Å². The van der Waals surface area contributed by atoms with Crippen LogP contribution in [0, 0.1) is 5.92 Å². The molecular formula is C27H34N2O4. The molecule has 33 heavy (non-hydrogen) atoms. The minimum absolute atomic E-state index is 0.0785. The summed E-state index contributed by atoms with van der Waals surface area (Å²) in [6.45, 7) is 3.09. The first-order valence-corrected chi connectivity index (χ1v) is 12.2. The van der Waals surface area contributed by atoms with Crippen molar-refractivity contribution in [3.63, 3.8) is 0 Å². The molecular weight excluding hydrogens is 416 g/mol. The summed E-state index contributed by atoms with van der Waals surface area (Å²) in [6, 6.07) is 11.9. The van der Waals surface area contributed by atoms with E-state index in [0.29, 0.717) is 18.4 Å². The van der Waals surface area contributed by atoms with Crippen LogP contribution in [-0.2, 0) is 14.9 Å². The Hall–Kier alpha value is -2.60. The van der Waals surface area contributed by atoms with Gasteiger partial charge >= 0.3 is 0 Å². The van der Waals surface area contributed by atoms with Gasteiger partial charge in [-0.2, -0.15) is 0 Å². The van der Waals surface area contributed by atoms with Gasteiger partial charge in [0.05, 0.1) is 30.9 Å². The van der Waals surface area contributed by atoms with Crippen LogP contribution < -0.4 is 9.47 Å². The summed E-state index contributed by atoms with van der Waals surface area (Å²) >= 11 is 0. The standard InChI is InChI=1S/C27H34N2O4/c1-31-23-6-4-22(5-7-23)27(10-11-27)25(30)29-15-12-26(13-16-29)19-21(9-18-33-26)8-17-32-24-3-2-14-28-20-24/h2-7,14,20-21H,8-13,15-19H2,1H3. The molecule has 2 saturated heterocycles. The minimum Gasteiger partial charge on any atom is -0.497 e. The summed E-state index contributed by atoms with van der Waals surface area (Å²) < 4.78 is 17.5. The first-order valence-electron chi connectivity index (χ1n) is 12.2. The van der Waals surface area contributed by atoms with E-state index in [0.717, 1.165) is 81.7 Å². The zero-order chi connectivity index (χ0) is 22.7. The van der Waals surface area contributed by atoms with Gasteiger partial charge < -0.3 is 19.1 Å². The third kappa shape index (κ3) is 4.72. The molecule has 1 aliphatic carbocycles. The second-order valence-corrected chi connectivity index (χ2v) is 9.82. The number of ether oxygens (including phenoxy) is 3. The van der Waals surface area contributed by atoms with Crippen molar-refractivity contribution in [3.05, 3.63) is 54.4 Å². The molecule has 2 aliphatic heterocycles. The van der Waals surface area contributed by atoms with Gasteiger partial charge in [-0.25, -0.2) is 0 Å². The maximum Gasteiger partial charge on any atom is 0.233 e. The van der Waals surface area contributed by atoms with E-state index in [1.807, 2.05) is 24.3 Å². The van der Waals surface area contributed by atoms with Gasteiger partial charge in [-0.1, -0.05) is 12.1 Å². The molecule has 176 valence electrons. The van der Waals surface area contributed by atoms with Crippen LogP contribution in [-0.4, -0.2) is 54.8 Å². The van der Waals surface area contributed by atoms with Crippen LogP contribution in [0.1, 0.15) is 50.5 Å². The second-order valence-electron chi connectivity index (χ2n) is 9.82. The van der Waals surface area contributed by atoms with Gasteiger partial charge in [-0.15, -0.1) is 0 Å². The number of rotatable bonds is 7. The van der Waals surface area contributed by atoms with Crippen LogP contribution in [0.15, 0.2) is 48.8 Å². The SMILES string of the molecule is COc1ccc(C2(C(=O)N3CCC4(CC3)CC(CCOc3cccnc3)CCO4)CC2)cc1. The molecule has 2 aromatic rings. The molecule has 1 atom stereocenters. The largest absolute Gasteiger partial charge is 0.497 e. The Morgan fingerprint density at radius 3 is 2.58 bits per heavy atom. The van der Waals surface area contributed by atoms with Crippen molar-refractivity contribution < 1.29 is 19.0 Å². The first-order chi connectivity index (χ1) is 16.1. The number of aromatic nitrogens is 1. The topological polar surface area (TPSA) is 60.9 Å². The van der Waals surface area contributed by atoms with Gasteiger partial charge in [-0.05, 0) is 80.7 Å². The normalized spacial score (nSPS) is 23.2. The summed E-state index contributed by atoms with van der Waals surface area (Å²) in [5, 5.41) is 0. The highest BCUT2D eigenvalue weighted by Gasteiger charge is 2.54. The van der Waals surface area contributed by atoms with Gasteiger partial charge in [0.25, 0.3) is 0 Å². The molecule has 1 saturated carbocycles. The van der Waals surface area contributed by atoms with Crippen LogP contribution in [0.25, 0.3) is 0 Å². The number of pyridine rings is 1. The summed E-state index contributed by atoms with van der Waals surface area (Å²) in [5.74, 6) is 2.56. The Morgan fingerprint density at radius 2 is 1.91 bits per heavy atom. The van der Waals surface area contributed by atoms with Crippen molar-refractivity contribution in [1.82, 2.24) is 9.88 Å². The molecule has 0 bridgehead atoms. The summed E-state index contributed by atoms with van der Waals surface area (Å²) in [7, 11) is 1.67. The van der Waals surface area contributed by atoms with Gasteiger partial charge in [-0.3, -0.25) is 9.78 Å². The number of carbonyl (C=O) groups excluding carboxylic acids is 1. The number of hydrogen-bond donors (Lipinski definition) is 0. The average molecular weight is 451 g/mol. The predicted octanol–water partition coefficient (Wildman–Crippen LogP) is 4.38. The van der Waals surface area contributed by atoms with Crippen LogP contribution in [0.3, 0.4) is 0 Å². The van der Waals surface area contributed by atoms with E-state index in [1.165, 1.54) is 0 Å². The molecule has 3 fully saturated rings. The molecule has 1 unspecified atom stereocenters. The monoisotopic (exact) mass is 450 g/mol. The molecule has 0 N–H and O–H groups in total. The lowest BCUT2D eigenvalue weighted by atomic mass is 9.78. The van der Waals surface area contributed by atoms with E-state index in [9.17, 15) is 4.79 Å². The van der Waals surface area contributed by atoms with Gasteiger partial charge in [0.2, 0.25) is 5.91 Å². The van der Waals surface area contributed by atoms with Crippen molar-refractivity contribution in [3.8, 4) is 11.5 Å². The average Bonchev–Trinajstić information content (AvgIpc) is 3.67. The number of methoxy groups -OCH3 is 1. The van der Waals surface area contributed by atoms with E-state index in [4.69, 9.17) is 14.2 Å². The Kier molecular flexibility index (Phi) is 6.28. The van der Waals surface area contributed by atoms with Crippen molar-refractivity contribution in [2.75, 3.05) is 33.4 Å². The Labute approximate surface area is 196 Å². The number of carbonyl (C=O) groups is 1. The van der Waals surface area contributed by atoms with Crippen molar-refractivity contribution in [2.45, 2.75) is 56.0 Å². The lowest BCUT2D eigenvalue weighted by molar-refractivity contribution is -0.149. The Bertz CT molecular complexity index is 934. The second kappa shape index (κ2) is 9.34. The van der Waals surface area contributed by atoms with Crippen LogP contribution in [0.5, 0.6) is 11.5 Å². The Balaban J connectivity index is 1.14. The van der Waals surface area contributed by atoms with Crippen molar-refractivity contribution >= 4 is 5.91 Å². The van der Waals surface area contributed by atoms with Gasteiger partial charge in [0.15, 0.2) is 0 Å². The summed E-state index contributed by atoms with van der Waals surface area (Å²) in [6.07, 6.45) is 10.4. The highest BCUT2D eigenvalue weighted by molar-refractivity contribution is 5.91. The van der Waals surface area contributed by atoms with Gasteiger partial charge in [0.1, 0.15) is 11.5 Å². The van der Waals surface area contributed by atoms with Crippen LogP contribution in [0.2, 0.25) is 0 Å². The third-order valence-corrected chi connectivity index (χ3v) is 7.79. The number of piperidine rings is 1. The molecule has 6 heteroatoms. The number of nitrogens with zero attached hydrogens (tertiary/aromatic N) is 2. The molecule has 3 aliphatic rings. The number of hydrogen-bond acceptors (Lipinski definition) is 5. The van der Waals surface area contributed by atoms with Crippen molar-refractivity contribution in [1.29, 1.82) is 0 Å². The van der Waals surface area contributed by atoms with Gasteiger partial charge in [0, 0.05) is 25.9 Å². The third-order valence-electron chi connectivity index (χ3n) is 7.79. The molecule has 6 nitrogen and oxygen atoms in total. The van der Waals surface area contributed by atoms with Crippen LogP contribution in [0.4, 0.5) is 0 Å². The summed E-state index contributed by atoms with van der Waals surface area (Å²) in [5.41, 5.74) is 0.720. The fourth-order valence-corrected chi connectivity index (χ4v) is 5.58. The van der Waals surface area contributed by atoms with Crippen LogP contribution >= 0.6 is 0 Å². The lowest BCUT2D eigenvalue weighted by Gasteiger charge is -2.46. The molecule has 0 radical (unpaired) electrons. The zero-order valence-corrected chi connectivity index (χ0v) is 19.5. The van der Waals surface area contributed by atoms with Crippen molar-refractivity contribution in [2.24, 2.45) is 5.92 Å². The van der Waals surface area contributed by atoms with E-state index >= 15 is 0 Å². The fraction of sp³-hybridized carbons (Fsp3) is 0.556. The van der Waals surface area contributed by atoms with E-state index in [-0.39, 0.29) is 11.0 Å². The highest BCUT2D eigenvalue weighted by Crippen LogP contribution is 2.50. The fourth-order valence-electron chi connectivity index (χ4n) is 5.58. The smallest absolute Gasteiger partial charge is 0.233 e. The molecule has 1 spiro atoms. The molecule has 1 aromatic carbocycles. The minimum atomic E-state index is -0.323. The molecule has 5 rings (SSSR count). The summed E-state index contributed by atoms with van der Waals surface area (Å²) in [4.78, 5) is 19.7. The molecule has 1 amide bonds. The number of benzene rings is 1. The highest BCUT2D eigenvalue weighted by atomic mass is 16.5. The molecule has 1 aromatic heterocycles. The quantitative estimate of drug-likeness (QED) is 0.627. The maximum atomic E-state index is 13.5. The lowest BCUT2D eigenvalue weighted by Crippen LogP contribution is -2.52. The maximum absolute atomic E-state index is 13.5. The number of likely N-dealkylation sites (tertiary alicyclic amines) is 1. The predicted molar refractivity (Wildman–Crippen MR) is 125 cm³/mol.